The summed E-state index contributed by atoms with van der Waals surface area (Å²) < 4.78 is 5.12. The predicted molar refractivity (Wildman–Crippen MR) is 41.8 cm³/mol. The molecule has 0 amide bonds. The quantitative estimate of drug-likeness (QED) is 0.629. The number of carboxylic acids is 1. The van der Waals surface area contributed by atoms with Crippen molar-refractivity contribution in [1.29, 1.82) is 0 Å². The zero-order valence-corrected chi connectivity index (χ0v) is 6.90. The summed E-state index contributed by atoms with van der Waals surface area (Å²) in [4.78, 5) is 10.4. The summed E-state index contributed by atoms with van der Waals surface area (Å²) in [5, 5.41) is 18.0. The van der Waals surface area contributed by atoms with Crippen LogP contribution in [0.2, 0.25) is 0 Å². The molecular formula is C8H14O4. The van der Waals surface area contributed by atoms with Crippen LogP contribution >= 0.6 is 0 Å². The Kier molecular flexibility index (Phi) is 3.49. The fraction of sp³-hybridized carbons (Fsp3) is 0.875. The molecule has 1 aliphatic heterocycles. The molecule has 0 aromatic carbocycles. The van der Waals surface area contributed by atoms with Crippen LogP contribution in [0.15, 0.2) is 0 Å². The second-order valence-electron chi connectivity index (χ2n) is 3.12. The number of carboxylic acid groups (broad SMARTS) is 1. The maximum absolute atomic E-state index is 10.4. The molecule has 0 bridgehead atoms. The SMILES string of the molecule is O=C(O)CC1CCOCCC1O. The largest absolute Gasteiger partial charge is 0.481 e. The molecule has 70 valence electrons. The third kappa shape index (κ3) is 2.79. The zero-order valence-electron chi connectivity index (χ0n) is 6.90. The molecule has 4 nitrogen and oxygen atoms in total. The highest BCUT2D eigenvalue weighted by Gasteiger charge is 2.23. The van der Waals surface area contributed by atoms with Crippen molar-refractivity contribution < 1.29 is 19.7 Å². The molecular weight excluding hydrogens is 160 g/mol. The van der Waals surface area contributed by atoms with E-state index in [2.05, 4.69) is 0 Å². The van der Waals surface area contributed by atoms with E-state index in [1.807, 2.05) is 0 Å². The van der Waals surface area contributed by atoms with Crippen molar-refractivity contribution in [3.8, 4) is 0 Å². The first-order chi connectivity index (χ1) is 5.70. The van der Waals surface area contributed by atoms with E-state index in [0.29, 0.717) is 26.1 Å². The molecule has 0 radical (unpaired) electrons. The van der Waals surface area contributed by atoms with Crippen LogP contribution in [0.25, 0.3) is 0 Å². The first-order valence-corrected chi connectivity index (χ1v) is 4.17. The average Bonchev–Trinajstić information content (AvgIpc) is 2.16. The van der Waals surface area contributed by atoms with Gasteiger partial charge in [-0.2, -0.15) is 0 Å². The van der Waals surface area contributed by atoms with Gasteiger partial charge in [0, 0.05) is 13.2 Å². The smallest absolute Gasteiger partial charge is 0.303 e. The summed E-state index contributed by atoms with van der Waals surface area (Å²) >= 11 is 0. The van der Waals surface area contributed by atoms with Crippen LogP contribution in [0, 0.1) is 5.92 Å². The van der Waals surface area contributed by atoms with Gasteiger partial charge in [0.05, 0.1) is 12.5 Å². The highest BCUT2D eigenvalue weighted by molar-refractivity contribution is 5.67. The Balaban J connectivity index is 2.41. The van der Waals surface area contributed by atoms with Crippen LogP contribution in [0.3, 0.4) is 0 Å². The zero-order chi connectivity index (χ0) is 8.97. The minimum Gasteiger partial charge on any atom is -0.481 e. The van der Waals surface area contributed by atoms with Crippen LogP contribution in [0.1, 0.15) is 19.3 Å². The number of aliphatic carboxylic acids is 1. The van der Waals surface area contributed by atoms with Crippen LogP contribution in [0.4, 0.5) is 0 Å². The van der Waals surface area contributed by atoms with Crippen LogP contribution in [-0.2, 0) is 9.53 Å². The molecule has 0 spiro atoms. The van der Waals surface area contributed by atoms with E-state index in [4.69, 9.17) is 9.84 Å². The van der Waals surface area contributed by atoms with Gasteiger partial charge in [0.2, 0.25) is 0 Å². The van der Waals surface area contributed by atoms with E-state index in [1.54, 1.807) is 0 Å². The first-order valence-electron chi connectivity index (χ1n) is 4.17. The molecule has 2 unspecified atom stereocenters. The Morgan fingerprint density at radius 3 is 2.75 bits per heavy atom. The molecule has 2 N–H and O–H groups in total. The fourth-order valence-electron chi connectivity index (χ4n) is 1.43. The monoisotopic (exact) mass is 174 g/mol. The van der Waals surface area contributed by atoms with Gasteiger partial charge >= 0.3 is 5.97 Å². The van der Waals surface area contributed by atoms with Crippen LogP contribution < -0.4 is 0 Å². The van der Waals surface area contributed by atoms with Crippen molar-refractivity contribution in [1.82, 2.24) is 0 Å². The summed E-state index contributed by atoms with van der Waals surface area (Å²) in [6.45, 7) is 1.10. The number of hydrogen-bond donors (Lipinski definition) is 2. The standard InChI is InChI=1S/C8H14O4/c9-7-2-4-12-3-1-6(7)5-8(10)11/h6-7,9H,1-5H2,(H,10,11). The van der Waals surface area contributed by atoms with E-state index in [0.717, 1.165) is 0 Å². The maximum atomic E-state index is 10.4. The lowest BCUT2D eigenvalue weighted by atomic mass is 9.94. The molecule has 12 heavy (non-hydrogen) atoms. The molecule has 0 aromatic heterocycles. The number of ether oxygens (including phenoxy) is 1. The number of carbonyl (C=O) groups is 1. The highest BCUT2D eigenvalue weighted by atomic mass is 16.5. The summed E-state index contributed by atoms with van der Waals surface area (Å²) in [5.74, 6) is -0.981. The molecule has 1 fully saturated rings. The van der Waals surface area contributed by atoms with E-state index < -0.39 is 12.1 Å². The molecule has 1 aliphatic rings. The van der Waals surface area contributed by atoms with Gasteiger partial charge in [-0.05, 0) is 18.8 Å². The Bertz CT molecular complexity index is 157. The lowest BCUT2D eigenvalue weighted by Gasteiger charge is -2.16. The summed E-state index contributed by atoms with van der Waals surface area (Å²) in [7, 11) is 0. The maximum Gasteiger partial charge on any atom is 0.303 e. The normalized spacial score (nSPS) is 31.1. The lowest BCUT2D eigenvalue weighted by molar-refractivity contribution is -0.139. The second kappa shape index (κ2) is 4.42. The van der Waals surface area contributed by atoms with E-state index in [9.17, 15) is 9.90 Å². The first kappa shape index (κ1) is 9.48. The Morgan fingerprint density at radius 1 is 1.42 bits per heavy atom. The molecule has 0 aromatic rings. The molecule has 1 heterocycles. The van der Waals surface area contributed by atoms with E-state index >= 15 is 0 Å². The van der Waals surface area contributed by atoms with Crippen molar-refractivity contribution in [3.05, 3.63) is 0 Å². The molecule has 1 saturated heterocycles. The van der Waals surface area contributed by atoms with Gasteiger partial charge in [-0.15, -0.1) is 0 Å². The topological polar surface area (TPSA) is 66.8 Å². The minimum absolute atomic E-state index is 0.0462. The number of aliphatic hydroxyl groups excluding tert-OH is 1. The molecule has 2 atom stereocenters. The van der Waals surface area contributed by atoms with Crippen molar-refractivity contribution in [2.75, 3.05) is 13.2 Å². The summed E-state index contributed by atoms with van der Waals surface area (Å²) in [6, 6.07) is 0. The lowest BCUT2D eigenvalue weighted by Crippen LogP contribution is -2.22. The third-order valence-electron chi connectivity index (χ3n) is 2.17. The summed E-state index contributed by atoms with van der Waals surface area (Å²) in [6.07, 6.45) is 0.735. The Morgan fingerprint density at radius 2 is 2.08 bits per heavy atom. The Hall–Kier alpha value is -0.610. The summed E-state index contributed by atoms with van der Waals surface area (Å²) in [5.41, 5.74) is 0. The fourth-order valence-corrected chi connectivity index (χ4v) is 1.43. The van der Waals surface area contributed by atoms with Crippen molar-refractivity contribution in [2.24, 2.45) is 5.92 Å². The van der Waals surface area contributed by atoms with Gasteiger partial charge in [-0.3, -0.25) is 4.79 Å². The second-order valence-corrected chi connectivity index (χ2v) is 3.12. The molecule has 1 rings (SSSR count). The van der Waals surface area contributed by atoms with Gasteiger partial charge in [-0.25, -0.2) is 0 Å². The van der Waals surface area contributed by atoms with Gasteiger partial charge in [0.25, 0.3) is 0 Å². The molecule has 0 aliphatic carbocycles. The van der Waals surface area contributed by atoms with Gasteiger partial charge in [0.15, 0.2) is 0 Å². The number of rotatable bonds is 2. The van der Waals surface area contributed by atoms with Gasteiger partial charge in [0.1, 0.15) is 0 Å². The van der Waals surface area contributed by atoms with Crippen molar-refractivity contribution in [2.45, 2.75) is 25.4 Å². The van der Waals surface area contributed by atoms with Gasteiger partial charge < -0.3 is 14.9 Å². The molecule has 4 heteroatoms. The predicted octanol–water partition coefficient (Wildman–Crippen LogP) is 0.249. The Labute approximate surface area is 71.2 Å². The highest BCUT2D eigenvalue weighted by Crippen LogP contribution is 2.19. The number of hydrogen-bond acceptors (Lipinski definition) is 3. The third-order valence-corrected chi connectivity index (χ3v) is 2.17. The van der Waals surface area contributed by atoms with Gasteiger partial charge in [-0.1, -0.05) is 0 Å². The average molecular weight is 174 g/mol. The van der Waals surface area contributed by atoms with E-state index in [-0.39, 0.29) is 12.3 Å². The molecule has 0 saturated carbocycles. The number of aliphatic hydroxyl groups is 1. The van der Waals surface area contributed by atoms with E-state index in [1.165, 1.54) is 0 Å². The van der Waals surface area contributed by atoms with Crippen LogP contribution in [-0.4, -0.2) is 35.5 Å². The van der Waals surface area contributed by atoms with Crippen LogP contribution in [0.5, 0.6) is 0 Å². The minimum atomic E-state index is -0.846. The van der Waals surface area contributed by atoms with Crippen molar-refractivity contribution in [3.63, 3.8) is 0 Å². The van der Waals surface area contributed by atoms with Crippen molar-refractivity contribution >= 4 is 5.97 Å².